The van der Waals surface area contributed by atoms with E-state index in [1.165, 1.54) is 18.0 Å². The number of nitrogens with one attached hydrogen (secondary N) is 2. The first kappa shape index (κ1) is 25.9. The smallest absolute Gasteiger partial charge is 0.285 e. The fourth-order valence-electron chi connectivity index (χ4n) is 4.08. The summed E-state index contributed by atoms with van der Waals surface area (Å²) < 4.78 is 5.30. The molecule has 3 rings (SSSR count). The molecule has 1 aliphatic carbocycles. The quantitative estimate of drug-likeness (QED) is 0.510. The Hall–Kier alpha value is -2.75. The first-order chi connectivity index (χ1) is 16.2. The Balaban J connectivity index is 1.78. The van der Waals surface area contributed by atoms with Gasteiger partial charge in [-0.15, -0.1) is 0 Å². The summed E-state index contributed by atoms with van der Waals surface area (Å²) in [6.07, 6.45) is 6.96. The molecule has 0 aromatic carbocycles. The number of imide groups is 1. The Bertz CT molecular complexity index is 986. The van der Waals surface area contributed by atoms with Crippen LogP contribution in [0.3, 0.4) is 0 Å². The second-order valence-corrected chi connectivity index (χ2v) is 11.0. The number of rotatable bonds is 9. The van der Waals surface area contributed by atoms with Gasteiger partial charge in [-0.25, -0.2) is 0 Å². The maximum Gasteiger partial charge on any atom is 0.285 e. The van der Waals surface area contributed by atoms with Crippen molar-refractivity contribution < 1.29 is 18.9 Å². The van der Waals surface area contributed by atoms with Crippen molar-refractivity contribution in [1.29, 1.82) is 0 Å². The maximum atomic E-state index is 13.4. The van der Waals surface area contributed by atoms with Crippen LogP contribution < -0.4 is 10.6 Å². The number of carbonyl (C=O) groups excluding carboxylic acids is 3. The molecule has 9 nitrogen and oxygen atoms in total. The Morgan fingerprint density at radius 3 is 2.50 bits per heavy atom. The molecule has 2 aromatic heterocycles. The predicted molar refractivity (Wildman–Crippen MR) is 128 cm³/mol. The van der Waals surface area contributed by atoms with Gasteiger partial charge in [0.1, 0.15) is 11.5 Å². The second kappa shape index (κ2) is 11.6. The third-order valence-electron chi connectivity index (χ3n) is 5.75. The molecule has 3 amide bonds. The highest BCUT2D eigenvalue weighted by molar-refractivity contribution is 7.99. The Morgan fingerprint density at radius 1 is 1.15 bits per heavy atom. The maximum absolute atomic E-state index is 13.4. The second-order valence-electron chi connectivity index (χ2n) is 9.42. The van der Waals surface area contributed by atoms with E-state index in [1.54, 1.807) is 18.3 Å². The van der Waals surface area contributed by atoms with Gasteiger partial charge in [-0.1, -0.05) is 63.9 Å². The minimum Gasteiger partial charge on any atom is -0.338 e. The predicted octanol–water partition coefficient (Wildman–Crippen LogP) is 3.87. The van der Waals surface area contributed by atoms with E-state index in [2.05, 4.69) is 25.8 Å². The number of amides is 3. The lowest BCUT2D eigenvalue weighted by molar-refractivity contribution is -0.136. The van der Waals surface area contributed by atoms with Gasteiger partial charge in [-0.2, -0.15) is 4.98 Å². The van der Waals surface area contributed by atoms with E-state index in [0.717, 1.165) is 19.3 Å². The van der Waals surface area contributed by atoms with E-state index in [0.29, 0.717) is 30.0 Å². The van der Waals surface area contributed by atoms with Crippen LogP contribution in [0.4, 0.5) is 0 Å². The van der Waals surface area contributed by atoms with Gasteiger partial charge in [0.25, 0.3) is 17.0 Å². The van der Waals surface area contributed by atoms with E-state index in [-0.39, 0.29) is 22.9 Å². The molecule has 184 valence electrons. The molecule has 0 saturated heterocycles. The SMILES string of the molecule is CC(C)C[C@H](C(=O)NC(=O)C1(NC(=O)c2cccnc2)CCCCC1)c1noc(SC(C)C)n1. The molecule has 2 heterocycles. The first-order valence-corrected chi connectivity index (χ1v) is 12.7. The summed E-state index contributed by atoms with van der Waals surface area (Å²) in [5.74, 6) is -1.67. The first-order valence-electron chi connectivity index (χ1n) is 11.8. The molecule has 0 bridgehead atoms. The molecule has 0 unspecified atom stereocenters. The van der Waals surface area contributed by atoms with E-state index in [4.69, 9.17) is 4.52 Å². The molecule has 34 heavy (non-hydrogen) atoms. The summed E-state index contributed by atoms with van der Waals surface area (Å²) in [4.78, 5) is 47.9. The lowest BCUT2D eigenvalue weighted by Crippen LogP contribution is -2.61. The van der Waals surface area contributed by atoms with Gasteiger partial charge in [-0.3, -0.25) is 24.7 Å². The van der Waals surface area contributed by atoms with Crippen molar-refractivity contribution in [2.75, 3.05) is 0 Å². The van der Waals surface area contributed by atoms with Crippen molar-refractivity contribution in [1.82, 2.24) is 25.8 Å². The van der Waals surface area contributed by atoms with Gasteiger partial charge in [0, 0.05) is 17.6 Å². The third-order valence-corrected chi connectivity index (χ3v) is 6.59. The van der Waals surface area contributed by atoms with Crippen LogP contribution in [0.1, 0.15) is 88.3 Å². The fourth-order valence-corrected chi connectivity index (χ4v) is 4.71. The minimum atomic E-state index is -1.15. The van der Waals surface area contributed by atoms with Crippen LogP contribution >= 0.6 is 11.8 Å². The fraction of sp³-hybridized carbons (Fsp3) is 0.583. The third kappa shape index (κ3) is 6.65. The lowest BCUT2D eigenvalue weighted by Gasteiger charge is -2.36. The van der Waals surface area contributed by atoms with Gasteiger partial charge < -0.3 is 9.84 Å². The monoisotopic (exact) mass is 487 g/mol. The van der Waals surface area contributed by atoms with Crippen molar-refractivity contribution >= 4 is 29.5 Å². The Labute approximate surface area is 204 Å². The highest BCUT2D eigenvalue weighted by atomic mass is 32.2. The zero-order chi connectivity index (χ0) is 24.7. The number of carbonyl (C=O) groups is 3. The van der Waals surface area contributed by atoms with Crippen LogP contribution in [0, 0.1) is 5.92 Å². The number of hydrogen-bond donors (Lipinski definition) is 2. The molecule has 1 aliphatic rings. The van der Waals surface area contributed by atoms with Crippen molar-refractivity contribution in [3.05, 3.63) is 35.9 Å². The van der Waals surface area contributed by atoms with Crippen LogP contribution in [-0.4, -0.2) is 43.6 Å². The largest absolute Gasteiger partial charge is 0.338 e. The van der Waals surface area contributed by atoms with Crippen molar-refractivity contribution in [3.8, 4) is 0 Å². The topological polar surface area (TPSA) is 127 Å². The molecule has 2 N–H and O–H groups in total. The van der Waals surface area contributed by atoms with Crippen LogP contribution in [0.15, 0.2) is 34.3 Å². The Kier molecular flexibility index (Phi) is 8.82. The molecule has 0 aliphatic heterocycles. The van der Waals surface area contributed by atoms with Gasteiger partial charge in [0.05, 0.1) is 5.56 Å². The molecule has 10 heteroatoms. The van der Waals surface area contributed by atoms with Gasteiger partial charge >= 0.3 is 0 Å². The minimum absolute atomic E-state index is 0.166. The summed E-state index contributed by atoms with van der Waals surface area (Å²) >= 11 is 1.42. The van der Waals surface area contributed by atoms with Crippen molar-refractivity contribution in [2.45, 2.75) is 88.1 Å². The standard InChI is InChI=1S/C24H33N5O4S/c1-15(2)13-18(19-26-23(33-29-19)34-16(3)4)21(31)27-22(32)24(10-6-5-7-11-24)28-20(30)17-9-8-12-25-14-17/h8-9,12,14-16,18H,5-7,10-11,13H2,1-4H3,(H,28,30)(H,27,31,32)/t18-/m0/s1. The number of nitrogens with zero attached hydrogens (tertiary/aromatic N) is 3. The number of thioether (sulfide) groups is 1. The lowest BCUT2D eigenvalue weighted by atomic mass is 9.80. The molecule has 0 radical (unpaired) electrons. The highest BCUT2D eigenvalue weighted by Crippen LogP contribution is 2.30. The van der Waals surface area contributed by atoms with Crippen LogP contribution in [0.5, 0.6) is 0 Å². The molecule has 1 fully saturated rings. The van der Waals surface area contributed by atoms with Crippen LogP contribution in [-0.2, 0) is 9.59 Å². The van der Waals surface area contributed by atoms with Crippen LogP contribution in [0.25, 0.3) is 0 Å². The summed E-state index contributed by atoms with van der Waals surface area (Å²) in [7, 11) is 0. The summed E-state index contributed by atoms with van der Waals surface area (Å²) in [5, 5.41) is 10.1. The van der Waals surface area contributed by atoms with Gasteiger partial charge in [-0.05, 0) is 37.3 Å². The molecular weight excluding hydrogens is 454 g/mol. The van der Waals surface area contributed by atoms with Gasteiger partial charge in [0.2, 0.25) is 5.91 Å². The zero-order valence-corrected chi connectivity index (χ0v) is 21.0. The molecule has 2 aromatic rings. The molecular formula is C24H33N5O4S. The van der Waals surface area contributed by atoms with Crippen molar-refractivity contribution in [2.24, 2.45) is 5.92 Å². The number of aromatic nitrogens is 3. The number of hydrogen-bond acceptors (Lipinski definition) is 8. The van der Waals surface area contributed by atoms with E-state index in [9.17, 15) is 14.4 Å². The summed E-state index contributed by atoms with van der Waals surface area (Å²) in [5.41, 5.74) is -0.787. The summed E-state index contributed by atoms with van der Waals surface area (Å²) in [6, 6.07) is 3.31. The van der Waals surface area contributed by atoms with Gasteiger partial charge in [0.15, 0.2) is 5.82 Å². The molecule has 1 atom stereocenters. The van der Waals surface area contributed by atoms with E-state index < -0.39 is 23.3 Å². The molecule has 0 spiro atoms. The zero-order valence-electron chi connectivity index (χ0n) is 20.2. The van der Waals surface area contributed by atoms with E-state index in [1.807, 2.05) is 27.7 Å². The highest BCUT2D eigenvalue weighted by Gasteiger charge is 2.43. The normalized spacial score (nSPS) is 16.3. The summed E-state index contributed by atoms with van der Waals surface area (Å²) in [6.45, 7) is 8.00. The van der Waals surface area contributed by atoms with E-state index >= 15 is 0 Å². The average Bonchev–Trinajstić information content (AvgIpc) is 3.25. The van der Waals surface area contributed by atoms with Crippen LogP contribution in [0.2, 0.25) is 0 Å². The number of pyridine rings is 1. The Morgan fingerprint density at radius 2 is 1.88 bits per heavy atom. The molecule has 1 saturated carbocycles. The average molecular weight is 488 g/mol. The van der Waals surface area contributed by atoms with Crippen molar-refractivity contribution in [3.63, 3.8) is 0 Å².